The van der Waals surface area contributed by atoms with Gasteiger partial charge in [-0.2, -0.15) is 0 Å². The van der Waals surface area contributed by atoms with Crippen molar-refractivity contribution in [2.75, 3.05) is 25.1 Å². The first-order chi connectivity index (χ1) is 11.2. The van der Waals surface area contributed by atoms with Crippen molar-refractivity contribution in [3.05, 3.63) is 35.8 Å². The van der Waals surface area contributed by atoms with E-state index in [-0.39, 0.29) is 30.0 Å². The summed E-state index contributed by atoms with van der Waals surface area (Å²) in [5.74, 6) is -1.50. The van der Waals surface area contributed by atoms with Crippen molar-refractivity contribution >= 4 is 17.5 Å². The number of aliphatic hydroxyl groups is 1. The minimum atomic E-state index is -0.561. The number of amides is 2. The molecule has 24 heavy (non-hydrogen) atoms. The van der Waals surface area contributed by atoms with Gasteiger partial charge in [-0.25, -0.2) is 4.39 Å². The van der Waals surface area contributed by atoms with Crippen molar-refractivity contribution < 1.29 is 23.8 Å². The number of anilines is 1. The van der Waals surface area contributed by atoms with Crippen molar-refractivity contribution in [2.45, 2.75) is 20.8 Å². The molecule has 0 saturated heterocycles. The van der Waals surface area contributed by atoms with Crippen LogP contribution in [0.1, 0.15) is 20.8 Å². The van der Waals surface area contributed by atoms with Crippen molar-refractivity contribution in [3.63, 3.8) is 0 Å². The van der Waals surface area contributed by atoms with E-state index < -0.39 is 17.6 Å². The molecule has 2 amide bonds. The smallest absolute Gasteiger partial charge is 0.277 e. The van der Waals surface area contributed by atoms with Crippen LogP contribution in [0.5, 0.6) is 5.75 Å². The molecule has 130 valence electrons. The number of halogens is 1. The van der Waals surface area contributed by atoms with E-state index in [2.05, 4.69) is 5.32 Å². The molecule has 0 aliphatic carbocycles. The number of imide groups is 1. The number of carbonyl (C=O) groups is 2. The third-order valence-corrected chi connectivity index (χ3v) is 3.20. The molecule has 0 spiro atoms. The Kier molecular flexibility index (Phi) is 5.23. The Morgan fingerprint density at radius 1 is 1.29 bits per heavy atom. The van der Waals surface area contributed by atoms with Crippen LogP contribution in [-0.4, -0.2) is 41.6 Å². The van der Waals surface area contributed by atoms with Gasteiger partial charge in [0.25, 0.3) is 11.8 Å². The predicted molar refractivity (Wildman–Crippen MR) is 86.9 cm³/mol. The second-order valence-corrected chi connectivity index (χ2v) is 6.70. The molecule has 1 aromatic carbocycles. The summed E-state index contributed by atoms with van der Waals surface area (Å²) in [6, 6.07) is 4.23. The molecule has 1 aliphatic heterocycles. The first-order valence-corrected chi connectivity index (χ1v) is 7.59. The SMILES string of the molecule is CC(C)(C)COc1ccc(NC2=CC(=O)N(CCO)C2=O)cc1F. The van der Waals surface area contributed by atoms with Crippen molar-refractivity contribution in [3.8, 4) is 5.75 Å². The van der Waals surface area contributed by atoms with E-state index in [9.17, 15) is 14.0 Å². The molecule has 0 radical (unpaired) electrons. The van der Waals surface area contributed by atoms with E-state index in [1.807, 2.05) is 20.8 Å². The lowest BCUT2D eigenvalue weighted by Gasteiger charge is -2.19. The number of hydrogen-bond donors (Lipinski definition) is 2. The van der Waals surface area contributed by atoms with Gasteiger partial charge in [-0.15, -0.1) is 0 Å². The Labute approximate surface area is 139 Å². The lowest BCUT2D eigenvalue weighted by molar-refractivity contribution is -0.137. The van der Waals surface area contributed by atoms with Crippen molar-refractivity contribution in [2.24, 2.45) is 5.41 Å². The van der Waals surface area contributed by atoms with Gasteiger partial charge in [-0.05, 0) is 17.5 Å². The molecule has 0 fully saturated rings. The van der Waals surface area contributed by atoms with Gasteiger partial charge in [-0.1, -0.05) is 20.8 Å². The number of nitrogens with zero attached hydrogens (tertiary/aromatic N) is 1. The van der Waals surface area contributed by atoms with Gasteiger partial charge in [0, 0.05) is 17.8 Å². The lowest BCUT2D eigenvalue weighted by atomic mass is 9.99. The normalized spacial score (nSPS) is 14.9. The molecule has 0 aromatic heterocycles. The number of aliphatic hydroxyl groups excluding tert-OH is 1. The third kappa shape index (κ3) is 4.32. The number of ether oxygens (including phenoxy) is 1. The van der Waals surface area contributed by atoms with E-state index in [4.69, 9.17) is 9.84 Å². The molecule has 2 N–H and O–H groups in total. The summed E-state index contributed by atoms with van der Waals surface area (Å²) in [7, 11) is 0. The lowest BCUT2D eigenvalue weighted by Crippen LogP contribution is -2.34. The Balaban J connectivity index is 2.06. The highest BCUT2D eigenvalue weighted by Gasteiger charge is 2.30. The number of nitrogens with one attached hydrogen (secondary N) is 1. The Hall–Kier alpha value is -2.41. The summed E-state index contributed by atoms with van der Waals surface area (Å²) in [5.41, 5.74) is 0.270. The number of benzene rings is 1. The van der Waals surface area contributed by atoms with Gasteiger partial charge in [-0.3, -0.25) is 14.5 Å². The molecule has 1 aliphatic rings. The van der Waals surface area contributed by atoms with Gasteiger partial charge in [0.1, 0.15) is 5.70 Å². The molecule has 0 saturated carbocycles. The minimum Gasteiger partial charge on any atom is -0.490 e. The summed E-state index contributed by atoms with van der Waals surface area (Å²) >= 11 is 0. The maximum absolute atomic E-state index is 14.1. The van der Waals surface area contributed by atoms with Crippen LogP contribution < -0.4 is 10.1 Å². The highest BCUT2D eigenvalue weighted by Crippen LogP contribution is 2.25. The highest BCUT2D eigenvalue weighted by atomic mass is 19.1. The summed E-state index contributed by atoms with van der Waals surface area (Å²) < 4.78 is 19.5. The molecule has 7 heteroatoms. The maximum Gasteiger partial charge on any atom is 0.277 e. The van der Waals surface area contributed by atoms with Crippen molar-refractivity contribution in [1.29, 1.82) is 0 Å². The van der Waals surface area contributed by atoms with Crippen LogP contribution in [0, 0.1) is 11.2 Å². The average molecular weight is 336 g/mol. The number of rotatable bonds is 6. The van der Waals surface area contributed by atoms with Gasteiger partial charge < -0.3 is 15.2 Å². The molecule has 0 unspecified atom stereocenters. The van der Waals surface area contributed by atoms with Crippen LogP contribution in [0.3, 0.4) is 0 Å². The summed E-state index contributed by atoms with van der Waals surface area (Å²) in [4.78, 5) is 24.6. The Morgan fingerprint density at radius 3 is 2.58 bits per heavy atom. The van der Waals surface area contributed by atoms with Gasteiger partial charge in [0.05, 0.1) is 19.8 Å². The van der Waals surface area contributed by atoms with E-state index in [1.165, 1.54) is 12.1 Å². The fourth-order valence-corrected chi connectivity index (χ4v) is 2.06. The van der Waals surface area contributed by atoms with Crippen LogP contribution >= 0.6 is 0 Å². The van der Waals surface area contributed by atoms with E-state index in [0.29, 0.717) is 12.3 Å². The predicted octanol–water partition coefficient (Wildman–Crippen LogP) is 1.91. The monoisotopic (exact) mass is 336 g/mol. The first kappa shape index (κ1) is 17.9. The van der Waals surface area contributed by atoms with Gasteiger partial charge in [0.2, 0.25) is 0 Å². The molecular formula is C17H21FN2O4. The second kappa shape index (κ2) is 7.00. The maximum atomic E-state index is 14.1. The van der Waals surface area contributed by atoms with E-state index in [0.717, 1.165) is 11.0 Å². The summed E-state index contributed by atoms with van der Waals surface area (Å²) in [5, 5.41) is 11.6. The zero-order valence-corrected chi connectivity index (χ0v) is 13.9. The van der Waals surface area contributed by atoms with E-state index >= 15 is 0 Å². The quantitative estimate of drug-likeness (QED) is 0.776. The molecule has 6 nitrogen and oxygen atoms in total. The van der Waals surface area contributed by atoms with Crippen LogP contribution in [0.25, 0.3) is 0 Å². The van der Waals surface area contributed by atoms with Crippen LogP contribution in [0.15, 0.2) is 30.0 Å². The summed E-state index contributed by atoms with van der Waals surface area (Å²) in [6.07, 6.45) is 1.12. The standard InChI is InChI=1S/C17H21FN2O4/c1-17(2,3)10-24-14-5-4-11(8-12(14)18)19-13-9-15(22)20(6-7-21)16(13)23/h4-5,8-9,19,21H,6-7,10H2,1-3H3. The van der Waals surface area contributed by atoms with Crippen LogP contribution in [0.4, 0.5) is 10.1 Å². The third-order valence-electron chi connectivity index (χ3n) is 3.20. The fraction of sp³-hybridized carbons (Fsp3) is 0.412. The summed E-state index contributed by atoms with van der Waals surface area (Å²) in [6.45, 7) is 5.92. The largest absolute Gasteiger partial charge is 0.490 e. The fourth-order valence-electron chi connectivity index (χ4n) is 2.06. The average Bonchev–Trinajstić information content (AvgIpc) is 2.73. The van der Waals surface area contributed by atoms with Gasteiger partial charge in [0.15, 0.2) is 11.6 Å². The molecule has 0 bridgehead atoms. The molecular weight excluding hydrogens is 315 g/mol. The number of hydrogen-bond acceptors (Lipinski definition) is 5. The first-order valence-electron chi connectivity index (χ1n) is 7.59. The molecule has 0 atom stereocenters. The van der Waals surface area contributed by atoms with E-state index in [1.54, 1.807) is 6.07 Å². The molecule has 2 rings (SSSR count). The Bertz CT molecular complexity index is 680. The number of carbonyl (C=O) groups excluding carboxylic acids is 2. The topological polar surface area (TPSA) is 78.9 Å². The zero-order valence-electron chi connectivity index (χ0n) is 13.9. The number of β-amino-alcohol motifs (C(OH)–C–C–N with tert-alkyl or cyclic N) is 1. The van der Waals surface area contributed by atoms with Crippen molar-refractivity contribution in [1.82, 2.24) is 4.90 Å². The van der Waals surface area contributed by atoms with Gasteiger partial charge >= 0.3 is 0 Å². The minimum absolute atomic E-state index is 0.0382. The zero-order chi connectivity index (χ0) is 17.9. The Morgan fingerprint density at radius 2 is 2.00 bits per heavy atom. The molecule has 1 aromatic rings. The molecule has 1 heterocycles. The second-order valence-electron chi connectivity index (χ2n) is 6.70. The van der Waals surface area contributed by atoms with Crippen LogP contribution in [0.2, 0.25) is 0 Å². The highest BCUT2D eigenvalue weighted by molar-refractivity contribution is 6.17. The van der Waals surface area contributed by atoms with Crippen LogP contribution in [-0.2, 0) is 9.59 Å².